The summed E-state index contributed by atoms with van der Waals surface area (Å²) in [6.45, 7) is 0. The summed E-state index contributed by atoms with van der Waals surface area (Å²) in [6.07, 6.45) is 5.41. The zero-order chi connectivity index (χ0) is 52.7. The fourth-order valence-corrected chi connectivity index (χ4v) is 10.1. The van der Waals surface area contributed by atoms with Crippen LogP contribution in [0.3, 0.4) is 0 Å². The molecule has 8 heteroatoms. The van der Waals surface area contributed by atoms with Crippen LogP contribution in [-0.4, -0.2) is 24.9 Å². The van der Waals surface area contributed by atoms with Crippen molar-refractivity contribution in [2.45, 2.75) is 0 Å². The monoisotopic (exact) mass is 1390 g/mol. The van der Waals surface area contributed by atoms with Crippen molar-refractivity contribution in [3.8, 4) is 112 Å². The Hall–Kier alpha value is -9.35. The van der Waals surface area contributed by atoms with Crippen LogP contribution in [0.4, 0.5) is 17.3 Å². The van der Waals surface area contributed by atoms with Crippen LogP contribution in [0.25, 0.3) is 112 Å². The molecule has 4 aromatic heterocycles. The molecule has 81 heavy (non-hydrogen) atoms. The summed E-state index contributed by atoms with van der Waals surface area (Å²) < 4.78 is 0. The number of para-hydroxylation sites is 1. The third-order valence-corrected chi connectivity index (χ3v) is 13.9. The van der Waals surface area contributed by atoms with Gasteiger partial charge in [0.05, 0.1) is 0 Å². The Morgan fingerprint density at radius 2 is 0.765 bits per heavy atom. The van der Waals surface area contributed by atoms with E-state index in [0.717, 1.165) is 106 Å². The maximum absolute atomic E-state index is 5.13. The Labute approximate surface area is 500 Å². The molecular weight excluding hydrogens is 1350 g/mol. The molecule has 0 spiro atoms. The first kappa shape index (κ1) is 53.6. The second kappa shape index (κ2) is 24.8. The maximum atomic E-state index is 5.13. The summed E-state index contributed by atoms with van der Waals surface area (Å²) in [6, 6.07) is 105. The molecule has 0 aliphatic rings. The molecule has 13 rings (SSSR count). The second-order valence-corrected chi connectivity index (χ2v) is 18.8. The van der Waals surface area contributed by atoms with Crippen molar-refractivity contribution in [2.75, 3.05) is 4.90 Å². The average molecular weight is 1390 g/mol. The molecule has 0 aliphatic heterocycles. The number of aromatic nitrogens is 5. The van der Waals surface area contributed by atoms with Crippen LogP contribution in [-0.2, 0) is 41.2 Å². The predicted octanol–water partition coefficient (Wildman–Crippen LogP) is 17.8. The van der Waals surface area contributed by atoms with Gasteiger partial charge in [-0.05, 0) is 111 Å². The molecule has 0 bridgehead atoms. The van der Waals surface area contributed by atoms with E-state index in [9.17, 15) is 0 Å². The van der Waals surface area contributed by atoms with Crippen LogP contribution >= 0.6 is 0 Å². The van der Waals surface area contributed by atoms with Gasteiger partial charge in [0.15, 0.2) is 0 Å². The Morgan fingerprint density at radius 3 is 1.26 bits per heavy atom. The second-order valence-electron chi connectivity index (χ2n) is 18.8. The van der Waals surface area contributed by atoms with Crippen molar-refractivity contribution in [3.63, 3.8) is 0 Å². The number of hydrogen-bond acceptors (Lipinski definition) is 6. The first-order valence-electron chi connectivity index (χ1n) is 26.0. The topological polar surface area (TPSA) is 67.7 Å². The molecule has 13 aromatic rings. The minimum Gasteiger partial charge on any atom is -0.333 e. The first-order chi connectivity index (χ1) is 39.2. The van der Waals surface area contributed by atoms with Crippen LogP contribution in [0, 0.1) is 30.3 Å². The summed E-state index contributed by atoms with van der Waals surface area (Å²) in [5.74, 6) is 1.87. The predicted molar refractivity (Wildman–Crippen MR) is 319 cm³/mol. The summed E-state index contributed by atoms with van der Waals surface area (Å²) >= 11 is 0. The number of hydrogen-bond donors (Lipinski definition) is 0. The molecule has 0 radical (unpaired) electrons. The molecule has 0 atom stereocenters. The van der Waals surface area contributed by atoms with E-state index >= 15 is 0 Å². The first-order valence-corrected chi connectivity index (χ1v) is 26.0. The zero-order valence-electron chi connectivity index (χ0n) is 43.3. The van der Waals surface area contributed by atoms with Gasteiger partial charge in [-0.2, -0.15) is 5.56 Å². The van der Waals surface area contributed by atoms with Gasteiger partial charge in [0, 0.05) is 24.3 Å². The largest absolute Gasteiger partial charge is 3.00 e. The van der Waals surface area contributed by atoms with Crippen molar-refractivity contribution >= 4 is 17.3 Å². The Balaban J connectivity index is 0.00000345. The summed E-state index contributed by atoms with van der Waals surface area (Å²) in [5.41, 5.74) is 19.7. The van der Waals surface area contributed by atoms with Crippen molar-refractivity contribution < 1.29 is 41.2 Å². The van der Waals surface area contributed by atoms with Crippen LogP contribution < -0.4 is 4.90 Å². The average Bonchev–Trinajstić information content (AvgIpc) is 3.61. The Kier molecular flexibility index (Phi) is 16.4. The molecule has 9 aromatic carbocycles. The van der Waals surface area contributed by atoms with Gasteiger partial charge in [0.25, 0.3) is 0 Å². The molecule has 4 heterocycles. The van der Waals surface area contributed by atoms with E-state index < -0.39 is 0 Å². The summed E-state index contributed by atoms with van der Waals surface area (Å²) in [4.78, 5) is 26.2. The third-order valence-electron chi connectivity index (χ3n) is 13.9. The van der Waals surface area contributed by atoms with Gasteiger partial charge in [-0.1, -0.05) is 155 Å². The molecule has 0 amide bonds. The molecule has 0 saturated heterocycles. The van der Waals surface area contributed by atoms with E-state index in [1.54, 1.807) is 6.20 Å². The molecule has 0 fully saturated rings. The van der Waals surface area contributed by atoms with Crippen LogP contribution in [0.5, 0.6) is 0 Å². The molecule has 0 aliphatic carbocycles. The smallest absolute Gasteiger partial charge is 0.333 e. The van der Waals surface area contributed by atoms with Crippen LogP contribution in [0.15, 0.2) is 273 Å². The molecular formula is C73H45IrN6Pt. The standard InChI is InChI=1S/C73H45N6.Ir.Pt/c1-3-18-54(19-4-1)70-30-17-31-71(77-70)79(61-20-5-2-6-21-61)72-44-47-76-73(78-72)57-42-36-53(37-43-57)64-24-9-12-27-67(64)60-49-58(65-25-10-7-22-62(65)51-32-38-55(39-33-51)68-28-13-15-45-74-68)48-59(50-60)66-26-11-8-23-63(66)52-34-40-56(41-35-52)69-29-14-16-46-75-69;;/h1-18,20-38,40,44-50H;;/q-5;+3;+2. The number of benzene rings is 9. The number of pyridine rings is 3. The minimum atomic E-state index is 0. The molecule has 0 saturated carbocycles. The summed E-state index contributed by atoms with van der Waals surface area (Å²) in [7, 11) is 0. The number of anilines is 3. The van der Waals surface area contributed by atoms with Gasteiger partial charge < -0.3 is 19.9 Å². The third kappa shape index (κ3) is 11.6. The molecule has 0 N–H and O–H groups in total. The van der Waals surface area contributed by atoms with Crippen LogP contribution in [0.2, 0.25) is 0 Å². The fraction of sp³-hybridized carbons (Fsp3) is 0. The number of rotatable bonds is 13. The fourth-order valence-electron chi connectivity index (χ4n) is 10.1. The van der Waals surface area contributed by atoms with E-state index in [4.69, 9.17) is 15.0 Å². The van der Waals surface area contributed by atoms with Crippen LogP contribution in [0.1, 0.15) is 0 Å². The van der Waals surface area contributed by atoms with Gasteiger partial charge >= 0.3 is 41.2 Å². The van der Waals surface area contributed by atoms with Gasteiger partial charge in [0.1, 0.15) is 11.6 Å². The van der Waals surface area contributed by atoms with Gasteiger partial charge in [-0.15, -0.1) is 95.6 Å². The molecule has 0 unspecified atom stereocenters. The Morgan fingerprint density at radius 1 is 0.309 bits per heavy atom. The quantitative estimate of drug-likeness (QED) is 0.107. The van der Waals surface area contributed by atoms with Gasteiger partial charge in [-0.25, -0.2) is 17.7 Å². The maximum Gasteiger partial charge on any atom is 3.00 e. The van der Waals surface area contributed by atoms with Crippen molar-refractivity contribution in [1.29, 1.82) is 0 Å². The normalized spacial score (nSPS) is 10.8. The van der Waals surface area contributed by atoms with Gasteiger partial charge in [0.2, 0.25) is 0 Å². The SMILES string of the molecule is [Ir+3].[Pt+2].[c-]1cc(-c2ccccc2-c2cc(-c3ccccc3-c3c[c-]c(-c4ccccn4)cc3)cc(-c3ccccc3-c3c[c-]c(-c4ccccn4)cc3)c2)c[c-]c1-c1nccc(N(c2ccccc2)c2cccc(-c3[c-]cccc3)n2)n1. The molecule has 6 nitrogen and oxygen atoms in total. The van der Waals surface area contributed by atoms with E-state index in [-0.39, 0.29) is 41.2 Å². The van der Waals surface area contributed by atoms with E-state index in [0.29, 0.717) is 23.0 Å². The number of nitrogens with zero attached hydrogens (tertiary/aromatic N) is 6. The Bertz CT molecular complexity index is 4080. The van der Waals surface area contributed by atoms with E-state index in [1.807, 2.05) is 133 Å². The van der Waals surface area contributed by atoms with Crippen molar-refractivity contribution in [2.24, 2.45) is 0 Å². The van der Waals surface area contributed by atoms with E-state index in [1.165, 1.54) is 0 Å². The zero-order valence-corrected chi connectivity index (χ0v) is 48.0. The molecule has 386 valence electrons. The van der Waals surface area contributed by atoms with Gasteiger partial charge in [-0.3, -0.25) is 22.0 Å². The summed E-state index contributed by atoms with van der Waals surface area (Å²) in [5, 5.41) is 0. The van der Waals surface area contributed by atoms with Crippen molar-refractivity contribution in [1.82, 2.24) is 24.9 Å². The van der Waals surface area contributed by atoms with Crippen molar-refractivity contribution in [3.05, 3.63) is 304 Å². The van der Waals surface area contributed by atoms with E-state index in [2.05, 4.69) is 180 Å². The minimum absolute atomic E-state index is 0.